The molecule has 0 unspecified atom stereocenters. The maximum Gasteiger partial charge on any atom is 0.351 e. The number of aliphatic hydroxyl groups is 8. The second-order valence-corrected chi connectivity index (χ2v) is 16.2. The van der Waals surface area contributed by atoms with Crippen LogP contribution in [-0.4, -0.2) is 171 Å². The van der Waals surface area contributed by atoms with Crippen molar-refractivity contribution in [2.45, 2.75) is 99.0 Å². The van der Waals surface area contributed by atoms with E-state index in [1.807, 2.05) is 0 Å². The molecule has 2 aromatic heterocycles. The van der Waals surface area contributed by atoms with E-state index in [0.717, 1.165) is 6.08 Å². The van der Waals surface area contributed by atoms with Crippen LogP contribution in [0.1, 0.15) is 12.5 Å². The molecule has 3 fully saturated rings. The summed E-state index contributed by atoms with van der Waals surface area (Å²) in [6, 6.07) is 13.4. The molecule has 8 rings (SSSR count). The Balaban J connectivity index is 1.02. The molecule has 3 aromatic carbocycles. The summed E-state index contributed by atoms with van der Waals surface area (Å²) >= 11 is 0. The highest BCUT2D eigenvalue weighted by Crippen LogP contribution is 2.38. The van der Waals surface area contributed by atoms with E-state index < -0.39 is 122 Å². The minimum Gasteiger partial charge on any atom is -0.502 e. The largest absolute Gasteiger partial charge is 0.502 e. The van der Waals surface area contributed by atoms with Crippen LogP contribution in [0.15, 0.2) is 79.1 Å². The van der Waals surface area contributed by atoms with Crippen LogP contribution in [-0.2, 0) is 33.2 Å². The van der Waals surface area contributed by atoms with Crippen LogP contribution >= 0.6 is 0 Å². The molecule has 0 saturated carbocycles. The Morgan fingerprint density at radius 1 is 0.662 bits per heavy atom. The second-order valence-electron chi connectivity index (χ2n) is 16.2. The first-order valence-corrected chi connectivity index (χ1v) is 21.1. The van der Waals surface area contributed by atoms with E-state index in [4.69, 9.17) is 51.5 Å². The van der Waals surface area contributed by atoms with Crippen molar-refractivity contribution in [2.24, 2.45) is 0 Å². The van der Waals surface area contributed by atoms with Crippen LogP contribution in [0.2, 0.25) is 0 Å². The fourth-order valence-corrected chi connectivity index (χ4v) is 8.01. The number of carbonyl (C=O) groups excluding carboxylic acids is 1. The molecular formula is C45H48O23. The molecule has 366 valence electrons. The molecule has 5 aromatic rings. The Morgan fingerprint density at radius 3 is 2.01 bits per heavy atom. The highest BCUT2D eigenvalue weighted by atomic mass is 16.8. The maximum atomic E-state index is 13.4. The fourth-order valence-electron chi connectivity index (χ4n) is 8.01. The van der Waals surface area contributed by atoms with Gasteiger partial charge in [0.2, 0.25) is 17.5 Å². The lowest BCUT2D eigenvalue weighted by atomic mass is 9.97. The number of ether oxygens (including phenoxy) is 9. The highest BCUT2D eigenvalue weighted by molar-refractivity contribution is 6.05. The lowest BCUT2D eigenvalue weighted by molar-refractivity contribution is -0.360. The lowest BCUT2D eigenvalue weighted by Gasteiger charge is -2.46. The number of aromatic hydroxyl groups is 1. The van der Waals surface area contributed by atoms with Gasteiger partial charge in [0, 0.05) is 6.08 Å². The summed E-state index contributed by atoms with van der Waals surface area (Å²) < 4.78 is 62.2. The monoisotopic (exact) mass is 956 g/mol. The normalized spacial score (nSPS) is 32.1. The molecular weight excluding hydrogens is 908 g/mol. The zero-order chi connectivity index (χ0) is 48.7. The summed E-state index contributed by atoms with van der Waals surface area (Å²) in [6.45, 7) is -0.0349. The van der Waals surface area contributed by atoms with Crippen molar-refractivity contribution in [1.29, 1.82) is 0 Å². The summed E-state index contributed by atoms with van der Waals surface area (Å²) in [5.41, 5.74) is -1.57. The van der Waals surface area contributed by atoms with Gasteiger partial charge < -0.3 is 97.4 Å². The molecule has 0 radical (unpaired) electrons. The minimum atomic E-state index is -2.00. The summed E-state index contributed by atoms with van der Waals surface area (Å²) in [7, 11) is 2.64. The van der Waals surface area contributed by atoms with Crippen molar-refractivity contribution in [3.63, 3.8) is 0 Å². The molecule has 3 aliphatic heterocycles. The Labute approximate surface area is 382 Å². The second kappa shape index (κ2) is 20.1. The van der Waals surface area contributed by atoms with E-state index in [2.05, 4.69) is 0 Å². The van der Waals surface area contributed by atoms with Gasteiger partial charge in [-0.15, -0.1) is 0 Å². The van der Waals surface area contributed by atoms with Gasteiger partial charge in [-0.2, -0.15) is 0 Å². The average molecular weight is 957 g/mol. The molecule has 0 amide bonds. The zero-order valence-electron chi connectivity index (χ0n) is 36.2. The van der Waals surface area contributed by atoms with E-state index in [1.54, 1.807) is 12.1 Å². The van der Waals surface area contributed by atoms with Crippen molar-refractivity contribution in [2.75, 3.05) is 27.4 Å². The number of benzene rings is 3. The van der Waals surface area contributed by atoms with Gasteiger partial charge in [0.1, 0.15) is 73.2 Å². The molecule has 9 N–H and O–H groups in total. The topological polar surface area (TPSA) is 343 Å². The molecule has 23 heteroatoms. The number of rotatable bonds is 13. The summed E-state index contributed by atoms with van der Waals surface area (Å²) in [5, 5.41) is 96.9. The average Bonchev–Trinajstić information content (AvgIpc) is 3.33. The van der Waals surface area contributed by atoms with E-state index in [-0.39, 0.29) is 55.9 Å². The number of phenols is 1. The van der Waals surface area contributed by atoms with Crippen LogP contribution in [0.4, 0.5) is 0 Å². The van der Waals surface area contributed by atoms with Gasteiger partial charge in [0.15, 0.2) is 52.5 Å². The van der Waals surface area contributed by atoms with Crippen molar-refractivity contribution in [1.82, 2.24) is 0 Å². The standard InChI is InChI=1S/C45H48O23/c1-17-29(47)34(52)38(56)44(62-17)68-41-36(54)33(51)26(66-45(41)64-22-10-6-8-20-39(22)67-42(57)28-30(48)19-7-4-5-9-21(19)63-40(20)28)16-61-43-37(55)35(53)32(50)25(65-43)15-60-27(46)12-11-18-13-23(58-2)31(49)24(14-18)59-3/h4-14,17,25-26,29,32-38,41,43-45,47,49-56H,15-16H2,1-3H3/t17-,25+,26+,29-,32+,33+,34+,35-,36-,37+,38+,41+,43-,44+,45-/m0/s1. The van der Waals surface area contributed by atoms with E-state index in [0.29, 0.717) is 5.56 Å². The number of esters is 1. The summed E-state index contributed by atoms with van der Waals surface area (Å²) in [5.74, 6) is -1.30. The number of carbonyl (C=O) groups is 1. The molecule has 68 heavy (non-hydrogen) atoms. The number of hydrogen-bond acceptors (Lipinski definition) is 23. The van der Waals surface area contributed by atoms with Crippen LogP contribution in [0.5, 0.6) is 23.0 Å². The van der Waals surface area contributed by atoms with Crippen molar-refractivity contribution in [3.8, 4) is 23.0 Å². The maximum absolute atomic E-state index is 13.4. The van der Waals surface area contributed by atoms with Crippen molar-refractivity contribution in [3.05, 3.63) is 86.9 Å². The van der Waals surface area contributed by atoms with Gasteiger partial charge in [-0.1, -0.05) is 18.2 Å². The van der Waals surface area contributed by atoms with Crippen molar-refractivity contribution < 1.29 is 102 Å². The third-order valence-electron chi connectivity index (χ3n) is 11.8. The van der Waals surface area contributed by atoms with E-state index in [9.17, 15) is 60.3 Å². The Kier molecular flexibility index (Phi) is 14.4. The molecule has 23 nitrogen and oxygen atoms in total. The third kappa shape index (κ3) is 9.36. The van der Waals surface area contributed by atoms with Gasteiger partial charge in [0.25, 0.3) is 0 Å². The molecule has 3 aliphatic rings. The van der Waals surface area contributed by atoms with Gasteiger partial charge >= 0.3 is 11.6 Å². The molecule has 5 heterocycles. The lowest BCUT2D eigenvalue weighted by Crippen LogP contribution is -2.65. The van der Waals surface area contributed by atoms with Crippen LogP contribution < -0.4 is 25.3 Å². The first-order chi connectivity index (χ1) is 32.5. The van der Waals surface area contributed by atoms with Crippen molar-refractivity contribution >= 4 is 45.0 Å². The van der Waals surface area contributed by atoms with E-state index >= 15 is 0 Å². The predicted molar refractivity (Wildman–Crippen MR) is 228 cm³/mol. The predicted octanol–water partition coefficient (Wildman–Crippen LogP) is -1.11. The highest BCUT2D eigenvalue weighted by Gasteiger charge is 2.52. The van der Waals surface area contributed by atoms with Crippen LogP contribution in [0, 0.1) is 0 Å². The molecule has 0 bridgehead atoms. The number of phenolic OH excluding ortho intramolecular Hbond substituents is 1. The Hall–Kier alpha value is -5.77. The summed E-state index contributed by atoms with van der Waals surface area (Å²) in [4.78, 5) is 39.5. The first-order valence-electron chi connectivity index (χ1n) is 21.1. The number of methoxy groups -OCH3 is 2. The SMILES string of the molecule is COc1cc(C=CC(=O)OC[C@H]2O[C@H](OC[C@H]3O[C@H](Oc4cccc5c4oc(=O)c4c(=O)c6ccccc6oc45)[C@H](O[C@H]4O[C@@H](C)[C@H](O)[C@@H](O)[C@H]4O)[C@@H](O)[C@@H]3O)[C@H](O)[C@@H](O)[C@@H]2O)cc(OC)c1O. The summed E-state index contributed by atoms with van der Waals surface area (Å²) in [6.07, 6.45) is -23.8. The van der Waals surface area contributed by atoms with Crippen LogP contribution in [0.25, 0.3) is 39.0 Å². The molecule has 0 spiro atoms. The van der Waals surface area contributed by atoms with Crippen LogP contribution in [0.3, 0.4) is 0 Å². The number of hydrogen-bond donors (Lipinski definition) is 9. The molecule has 0 aliphatic carbocycles. The number of fused-ring (bicyclic) bond motifs is 4. The first kappa shape index (κ1) is 48.7. The van der Waals surface area contributed by atoms with E-state index in [1.165, 1.54) is 69.7 Å². The Bertz CT molecular complexity index is 2750. The smallest absolute Gasteiger partial charge is 0.351 e. The fraction of sp³-hybridized carbons (Fsp3) is 0.444. The zero-order valence-corrected chi connectivity index (χ0v) is 36.2. The van der Waals surface area contributed by atoms with Gasteiger partial charge in [-0.05, 0) is 55.0 Å². The molecule has 3 saturated heterocycles. The van der Waals surface area contributed by atoms with Gasteiger partial charge in [0.05, 0.1) is 37.7 Å². The third-order valence-corrected chi connectivity index (χ3v) is 11.8. The van der Waals surface area contributed by atoms with Gasteiger partial charge in [-0.3, -0.25) is 4.79 Å². The number of aliphatic hydroxyl groups excluding tert-OH is 8. The quantitative estimate of drug-likeness (QED) is 0.0222. The van der Waals surface area contributed by atoms with Gasteiger partial charge in [-0.25, -0.2) is 9.59 Å². The molecule has 15 atom stereocenters. The minimum absolute atomic E-state index is 0.0668. The number of para-hydroxylation sites is 2. The Morgan fingerprint density at radius 2 is 1.29 bits per heavy atom.